The number of aromatic nitrogens is 2. The maximum atomic E-state index is 4.58. The van der Waals surface area contributed by atoms with Gasteiger partial charge in [-0.3, -0.25) is 0 Å². The summed E-state index contributed by atoms with van der Waals surface area (Å²) in [5, 5.41) is 3.56. The van der Waals surface area contributed by atoms with E-state index in [9.17, 15) is 0 Å². The van der Waals surface area contributed by atoms with Crippen LogP contribution in [-0.4, -0.2) is 14.9 Å². The van der Waals surface area contributed by atoms with E-state index in [-0.39, 0.29) is 5.54 Å². The minimum atomic E-state index is 0.185. The van der Waals surface area contributed by atoms with Crippen molar-refractivity contribution < 1.29 is 0 Å². The lowest BCUT2D eigenvalue weighted by Gasteiger charge is -2.25. The van der Waals surface area contributed by atoms with Gasteiger partial charge >= 0.3 is 0 Å². The van der Waals surface area contributed by atoms with Crippen LogP contribution in [0, 0.1) is 0 Å². The highest BCUT2D eigenvalue weighted by Crippen LogP contribution is 2.12. The molecule has 0 aromatic carbocycles. The summed E-state index contributed by atoms with van der Waals surface area (Å²) in [7, 11) is 0. The van der Waals surface area contributed by atoms with E-state index in [1.165, 1.54) is 12.8 Å². The number of pyridine rings is 1. The average molecular weight is 231 g/mol. The second-order valence-corrected chi connectivity index (χ2v) is 5.19. The summed E-state index contributed by atoms with van der Waals surface area (Å²) >= 11 is 0. The highest BCUT2D eigenvalue weighted by molar-refractivity contribution is 5.39. The Bertz CT molecular complexity index is 452. The molecule has 2 heterocycles. The van der Waals surface area contributed by atoms with Gasteiger partial charge < -0.3 is 9.72 Å². The first kappa shape index (κ1) is 12.1. The third kappa shape index (κ3) is 3.07. The van der Waals surface area contributed by atoms with E-state index in [4.69, 9.17) is 0 Å². The van der Waals surface area contributed by atoms with E-state index in [2.05, 4.69) is 41.7 Å². The Kier molecular flexibility index (Phi) is 3.48. The highest BCUT2D eigenvalue weighted by atomic mass is 15.0. The van der Waals surface area contributed by atoms with Crippen molar-refractivity contribution in [3.8, 4) is 0 Å². The molecule has 3 heteroatoms. The smallest absolute Gasteiger partial charge is 0.137 e. The Balaban J connectivity index is 2.04. The lowest BCUT2D eigenvalue weighted by atomic mass is 9.99. The Morgan fingerprint density at radius 3 is 2.88 bits per heavy atom. The summed E-state index contributed by atoms with van der Waals surface area (Å²) in [4.78, 5) is 4.58. The van der Waals surface area contributed by atoms with Gasteiger partial charge in [0.15, 0.2) is 0 Å². The van der Waals surface area contributed by atoms with Gasteiger partial charge in [-0.15, -0.1) is 0 Å². The van der Waals surface area contributed by atoms with Gasteiger partial charge in [0, 0.05) is 24.5 Å². The van der Waals surface area contributed by atoms with Crippen LogP contribution in [0.25, 0.3) is 5.65 Å². The topological polar surface area (TPSA) is 29.3 Å². The predicted molar refractivity (Wildman–Crippen MR) is 71.0 cm³/mol. The number of rotatable bonds is 5. The van der Waals surface area contributed by atoms with Crippen LogP contribution in [0.3, 0.4) is 0 Å². The van der Waals surface area contributed by atoms with E-state index in [1.807, 2.05) is 24.4 Å². The fraction of sp³-hybridized carbons (Fsp3) is 0.500. The van der Waals surface area contributed by atoms with Gasteiger partial charge in [-0.1, -0.05) is 19.4 Å². The summed E-state index contributed by atoms with van der Waals surface area (Å²) in [5.41, 5.74) is 2.29. The molecule has 0 amide bonds. The Hall–Kier alpha value is -1.35. The zero-order valence-electron chi connectivity index (χ0n) is 10.9. The molecule has 92 valence electrons. The van der Waals surface area contributed by atoms with Crippen molar-refractivity contribution in [2.75, 3.05) is 0 Å². The number of nitrogens with zero attached hydrogens (tertiary/aromatic N) is 2. The summed E-state index contributed by atoms with van der Waals surface area (Å²) < 4.78 is 2.06. The quantitative estimate of drug-likeness (QED) is 0.857. The van der Waals surface area contributed by atoms with Gasteiger partial charge in [0.2, 0.25) is 0 Å². The molecule has 0 atom stereocenters. The molecule has 0 fully saturated rings. The van der Waals surface area contributed by atoms with E-state index in [0.29, 0.717) is 0 Å². The third-order valence-electron chi connectivity index (χ3n) is 3.04. The first-order valence-electron chi connectivity index (χ1n) is 6.28. The highest BCUT2D eigenvalue weighted by Gasteiger charge is 2.15. The van der Waals surface area contributed by atoms with Gasteiger partial charge in [0.25, 0.3) is 0 Å². The molecule has 2 rings (SSSR count). The molecule has 0 unspecified atom stereocenters. The van der Waals surface area contributed by atoms with Crippen molar-refractivity contribution in [3.63, 3.8) is 0 Å². The van der Waals surface area contributed by atoms with E-state index in [0.717, 1.165) is 17.9 Å². The van der Waals surface area contributed by atoms with Crippen molar-refractivity contribution in [3.05, 3.63) is 36.3 Å². The van der Waals surface area contributed by atoms with Crippen molar-refractivity contribution in [1.82, 2.24) is 14.7 Å². The first-order chi connectivity index (χ1) is 8.11. The molecule has 0 saturated carbocycles. The number of nitrogens with one attached hydrogen (secondary N) is 1. The lowest BCUT2D eigenvalue weighted by Crippen LogP contribution is -2.38. The van der Waals surface area contributed by atoms with Gasteiger partial charge in [0.1, 0.15) is 5.65 Å². The fourth-order valence-corrected chi connectivity index (χ4v) is 2.12. The van der Waals surface area contributed by atoms with Crippen LogP contribution < -0.4 is 5.32 Å². The zero-order valence-corrected chi connectivity index (χ0v) is 10.9. The molecular weight excluding hydrogens is 210 g/mol. The third-order valence-corrected chi connectivity index (χ3v) is 3.04. The molecule has 0 spiro atoms. The second-order valence-electron chi connectivity index (χ2n) is 5.19. The molecule has 0 aliphatic carbocycles. The van der Waals surface area contributed by atoms with Crippen molar-refractivity contribution in [1.29, 1.82) is 0 Å². The molecule has 0 aliphatic rings. The molecule has 3 nitrogen and oxygen atoms in total. The SMILES string of the molecule is CCCC(C)(C)NCc1cn2ccccc2n1. The summed E-state index contributed by atoms with van der Waals surface area (Å²) in [6.07, 6.45) is 6.50. The zero-order chi connectivity index (χ0) is 12.3. The number of hydrogen-bond donors (Lipinski definition) is 1. The second kappa shape index (κ2) is 4.88. The standard InChI is InChI=1S/C14H21N3/c1-4-8-14(2,3)15-10-12-11-17-9-6-5-7-13(17)16-12/h5-7,9,11,15H,4,8,10H2,1-3H3. The maximum absolute atomic E-state index is 4.58. The van der Waals surface area contributed by atoms with Gasteiger partial charge in [-0.05, 0) is 32.4 Å². The number of hydrogen-bond acceptors (Lipinski definition) is 2. The van der Waals surface area contributed by atoms with E-state index in [1.54, 1.807) is 0 Å². The molecule has 0 saturated heterocycles. The Morgan fingerprint density at radius 2 is 2.18 bits per heavy atom. The van der Waals surface area contributed by atoms with E-state index >= 15 is 0 Å². The lowest BCUT2D eigenvalue weighted by molar-refractivity contribution is 0.355. The normalized spacial score (nSPS) is 12.2. The molecule has 17 heavy (non-hydrogen) atoms. The summed E-state index contributed by atoms with van der Waals surface area (Å²) in [6, 6.07) is 6.06. The molecule has 0 radical (unpaired) electrons. The van der Waals surface area contributed by atoms with Crippen LogP contribution in [-0.2, 0) is 6.54 Å². The average Bonchev–Trinajstić information content (AvgIpc) is 2.69. The van der Waals surface area contributed by atoms with Crippen molar-refractivity contribution >= 4 is 5.65 Å². The van der Waals surface area contributed by atoms with Crippen LogP contribution in [0.1, 0.15) is 39.3 Å². The molecular formula is C14H21N3. The minimum Gasteiger partial charge on any atom is -0.307 e. The molecule has 0 bridgehead atoms. The largest absolute Gasteiger partial charge is 0.307 e. The molecule has 2 aromatic heterocycles. The molecule has 1 N–H and O–H groups in total. The van der Waals surface area contributed by atoms with Crippen LogP contribution in [0.2, 0.25) is 0 Å². The predicted octanol–water partition coefficient (Wildman–Crippen LogP) is 3.00. The summed E-state index contributed by atoms with van der Waals surface area (Å²) in [5.74, 6) is 0. The number of fused-ring (bicyclic) bond motifs is 1. The van der Waals surface area contributed by atoms with Gasteiger partial charge in [-0.25, -0.2) is 4.98 Å². The Labute approximate surface area is 103 Å². The summed E-state index contributed by atoms with van der Waals surface area (Å²) in [6.45, 7) is 7.53. The maximum Gasteiger partial charge on any atom is 0.137 e. The van der Waals surface area contributed by atoms with Crippen LogP contribution >= 0.6 is 0 Å². The van der Waals surface area contributed by atoms with Crippen LogP contribution in [0.4, 0.5) is 0 Å². The van der Waals surface area contributed by atoms with Crippen LogP contribution in [0.5, 0.6) is 0 Å². The van der Waals surface area contributed by atoms with Gasteiger partial charge in [0.05, 0.1) is 5.69 Å². The molecule has 0 aliphatic heterocycles. The Morgan fingerprint density at radius 1 is 1.35 bits per heavy atom. The van der Waals surface area contributed by atoms with Crippen LogP contribution in [0.15, 0.2) is 30.6 Å². The number of imidazole rings is 1. The van der Waals surface area contributed by atoms with Crippen molar-refractivity contribution in [2.45, 2.75) is 45.7 Å². The molecule has 2 aromatic rings. The first-order valence-corrected chi connectivity index (χ1v) is 6.28. The fourth-order valence-electron chi connectivity index (χ4n) is 2.12. The minimum absolute atomic E-state index is 0.185. The van der Waals surface area contributed by atoms with Gasteiger partial charge in [-0.2, -0.15) is 0 Å². The monoisotopic (exact) mass is 231 g/mol. The van der Waals surface area contributed by atoms with E-state index < -0.39 is 0 Å². The van der Waals surface area contributed by atoms with Crippen molar-refractivity contribution in [2.24, 2.45) is 0 Å².